The number of nitrogens with one attached hydrogen (secondary N) is 2. The van der Waals surface area contributed by atoms with Gasteiger partial charge in [-0.05, 0) is 47.4 Å². The molecule has 0 saturated heterocycles. The summed E-state index contributed by atoms with van der Waals surface area (Å²) in [6.45, 7) is 21.1. The summed E-state index contributed by atoms with van der Waals surface area (Å²) in [6, 6.07) is 6.72. The van der Waals surface area contributed by atoms with Crippen LogP contribution in [0.15, 0.2) is 29.2 Å². The Hall–Kier alpha value is -0.676. The van der Waals surface area contributed by atoms with Gasteiger partial charge >= 0.3 is 0 Å². The Kier molecular flexibility index (Phi) is 6.64. The Bertz CT molecular complexity index is 716. The Morgan fingerprint density at radius 2 is 1.31 bits per heavy atom. The van der Waals surface area contributed by atoms with E-state index in [1.165, 1.54) is 0 Å². The van der Waals surface area contributed by atoms with Crippen LogP contribution in [0, 0.1) is 0 Å². The van der Waals surface area contributed by atoms with Gasteiger partial charge in [0.15, 0.2) is 0 Å². The summed E-state index contributed by atoms with van der Waals surface area (Å²) >= 11 is 0. The molecule has 8 heteroatoms. The van der Waals surface area contributed by atoms with E-state index in [1.54, 1.807) is 24.3 Å². The lowest BCUT2D eigenvalue weighted by Crippen LogP contribution is -2.54. The lowest BCUT2D eigenvalue weighted by atomic mass is 10.2. The van der Waals surface area contributed by atoms with Crippen molar-refractivity contribution in [1.82, 2.24) is 5.09 Å². The van der Waals surface area contributed by atoms with Crippen LogP contribution < -0.4 is 10.5 Å². The first-order valence-electron chi connectivity index (χ1n) is 8.98. The summed E-state index contributed by atoms with van der Waals surface area (Å²) in [4.78, 5) is 0.195. The zero-order chi connectivity index (χ0) is 20.6. The lowest BCUT2D eigenvalue weighted by molar-refractivity contribution is 0.456. The van der Waals surface area contributed by atoms with Crippen molar-refractivity contribution in [1.29, 1.82) is 0 Å². The number of anilines is 1. The van der Waals surface area contributed by atoms with E-state index in [-0.39, 0.29) is 15.0 Å². The van der Waals surface area contributed by atoms with Crippen LogP contribution in [0.4, 0.5) is 5.69 Å². The van der Waals surface area contributed by atoms with E-state index in [0.717, 1.165) is 5.69 Å². The van der Waals surface area contributed by atoms with Gasteiger partial charge < -0.3 is 9.30 Å². The van der Waals surface area contributed by atoms with Crippen LogP contribution in [-0.4, -0.2) is 25.0 Å². The molecule has 0 aliphatic heterocycles. The highest BCUT2D eigenvalue weighted by atomic mass is 32.2. The fraction of sp³-hybridized carbons (Fsp3) is 0.667. The van der Waals surface area contributed by atoms with Gasteiger partial charge in [-0.25, -0.2) is 0 Å². The molecule has 0 fully saturated rings. The molecule has 1 rings (SSSR count). The quantitative estimate of drug-likeness (QED) is 0.485. The first-order valence-corrected chi connectivity index (χ1v) is 16.3. The fourth-order valence-corrected chi connectivity index (χ4v) is 6.45. The maximum absolute atomic E-state index is 12.6. The van der Waals surface area contributed by atoms with E-state index in [1.807, 2.05) is 33.9 Å². The third kappa shape index (κ3) is 5.66. The summed E-state index contributed by atoms with van der Waals surface area (Å²) in [5, 5.41) is 3.47. The van der Waals surface area contributed by atoms with Crippen molar-refractivity contribution < 1.29 is 12.3 Å². The molecule has 26 heavy (non-hydrogen) atoms. The molecule has 0 saturated carbocycles. The van der Waals surface area contributed by atoms with E-state index in [9.17, 15) is 8.42 Å². The summed E-state index contributed by atoms with van der Waals surface area (Å²) < 4.78 is 30.9. The summed E-state index contributed by atoms with van der Waals surface area (Å²) in [6.07, 6.45) is 0. The van der Waals surface area contributed by atoms with Crippen molar-refractivity contribution >= 4 is 32.4 Å². The van der Waals surface area contributed by atoms with Crippen LogP contribution in [-0.2, 0) is 14.0 Å². The molecule has 150 valence electrons. The third-order valence-electron chi connectivity index (χ3n) is 5.66. The van der Waals surface area contributed by atoms with E-state index < -0.39 is 26.7 Å². The van der Waals surface area contributed by atoms with Crippen LogP contribution in [0.25, 0.3) is 0 Å². The standard InChI is InChI=1S/C18H36N2O3SSi2/c1-17(2,3)25(7,8)20-19-15-11-13-16(14-12-15)24(21,22)23-26(9,10)18(4,5)6/h11-14,19-20H,1-10H3. The monoisotopic (exact) mass is 416 g/mol. The molecule has 2 N–H and O–H groups in total. The number of benzene rings is 1. The molecule has 0 radical (unpaired) electrons. The predicted molar refractivity (Wildman–Crippen MR) is 116 cm³/mol. The number of rotatable bonds is 6. The van der Waals surface area contributed by atoms with Gasteiger partial charge in [-0.2, -0.15) is 8.42 Å². The highest BCUT2D eigenvalue weighted by molar-refractivity contribution is 7.87. The van der Waals surface area contributed by atoms with Crippen molar-refractivity contribution in [2.75, 3.05) is 5.43 Å². The highest BCUT2D eigenvalue weighted by Crippen LogP contribution is 2.38. The molecule has 0 spiro atoms. The minimum atomic E-state index is -3.76. The van der Waals surface area contributed by atoms with Gasteiger partial charge in [0, 0.05) is 5.69 Å². The number of hydrogen-bond donors (Lipinski definition) is 2. The Labute approximate surface area is 162 Å². The molecule has 1 aromatic rings. The molecule has 0 aliphatic carbocycles. The second-order valence-corrected chi connectivity index (χ2v) is 21.5. The molecular weight excluding hydrogens is 380 g/mol. The van der Waals surface area contributed by atoms with Crippen molar-refractivity contribution in [3.05, 3.63) is 24.3 Å². The van der Waals surface area contributed by atoms with Crippen LogP contribution in [0.1, 0.15) is 41.5 Å². The molecule has 1 aromatic carbocycles. The van der Waals surface area contributed by atoms with Gasteiger partial charge in [0.05, 0.1) is 4.90 Å². The molecule has 0 aliphatic rings. The van der Waals surface area contributed by atoms with Crippen LogP contribution >= 0.6 is 0 Å². The third-order valence-corrected chi connectivity index (χ3v) is 17.2. The van der Waals surface area contributed by atoms with Gasteiger partial charge in [0.1, 0.15) is 8.24 Å². The van der Waals surface area contributed by atoms with E-state index in [0.29, 0.717) is 0 Å². The molecule has 0 heterocycles. The smallest absolute Gasteiger partial charge is 0.287 e. The van der Waals surface area contributed by atoms with Crippen LogP contribution in [0.2, 0.25) is 36.3 Å². The Morgan fingerprint density at radius 1 is 0.846 bits per heavy atom. The normalized spacial score (nSPS) is 14.4. The Morgan fingerprint density at radius 3 is 1.69 bits per heavy atom. The number of hydrogen-bond acceptors (Lipinski definition) is 5. The topological polar surface area (TPSA) is 67.4 Å². The number of hydrazine groups is 1. The molecule has 5 nitrogen and oxygen atoms in total. The minimum absolute atomic E-state index is 0.172. The lowest BCUT2D eigenvalue weighted by Gasteiger charge is -2.37. The zero-order valence-electron chi connectivity index (χ0n) is 17.9. The van der Waals surface area contributed by atoms with Gasteiger partial charge in [-0.1, -0.05) is 54.6 Å². The summed E-state index contributed by atoms with van der Waals surface area (Å²) in [7, 11) is -7.86. The Balaban J connectivity index is 2.90. The summed E-state index contributed by atoms with van der Waals surface area (Å²) in [5.41, 5.74) is 4.06. The van der Waals surface area contributed by atoms with Gasteiger partial charge in [0.25, 0.3) is 10.1 Å². The molecule has 0 amide bonds. The van der Waals surface area contributed by atoms with Gasteiger partial charge in [-0.3, -0.25) is 5.09 Å². The largest absolute Gasteiger partial charge is 0.328 e. The highest BCUT2D eigenvalue weighted by Gasteiger charge is 2.42. The van der Waals surface area contributed by atoms with Gasteiger partial charge in [-0.15, -0.1) is 0 Å². The minimum Gasteiger partial charge on any atom is -0.328 e. The van der Waals surface area contributed by atoms with E-state index >= 15 is 0 Å². The zero-order valence-corrected chi connectivity index (χ0v) is 20.8. The second kappa shape index (κ2) is 7.39. The van der Waals surface area contributed by atoms with Crippen molar-refractivity contribution in [2.45, 2.75) is 82.7 Å². The van der Waals surface area contributed by atoms with Crippen LogP contribution in [0.5, 0.6) is 0 Å². The maximum Gasteiger partial charge on any atom is 0.287 e. The van der Waals surface area contributed by atoms with Gasteiger partial charge in [0.2, 0.25) is 8.32 Å². The summed E-state index contributed by atoms with van der Waals surface area (Å²) in [5.74, 6) is 0. The predicted octanol–water partition coefficient (Wildman–Crippen LogP) is 5.32. The molecule has 0 unspecified atom stereocenters. The average molecular weight is 417 g/mol. The molecule has 0 atom stereocenters. The first kappa shape index (κ1) is 23.4. The fourth-order valence-electron chi connectivity index (χ4n) is 1.57. The molecule has 0 bridgehead atoms. The average Bonchev–Trinajstić information content (AvgIpc) is 2.42. The van der Waals surface area contributed by atoms with E-state index in [4.69, 9.17) is 3.87 Å². The molecular formula is C18H36N2O3SSi2. The first-order chi connectivity index (χ1) is 11.4. The molecule has 0 aromatic heterocycles. The van der Waals surface area contributed by atoms with Crippen molar-refractivity contribution in [3.63, 3.8) is 0 Å². The van der Waals surface area contributed by atoms with E-state index in [2.05, 4.69) is 44.4 Å². The SMILES string of the molecule is CC(C)(C)[Si](C)(C)NNc1ccc(S(=O)(=O)O[Si](C)(C)C(C)(C)C)cc1. The van der Waals surface area contributed by atoms with Crippen LogP contribution in [0.3, 0.4) is 0 Å². The maximum atomic E-state index is 12.6. The second-order valence-electron chi connectivity index (χ2n) is 9.95. The van der Waals surface area contributed by atoms with Crippen molar-refractivity contribution in [3.8, 4) is 0 Å². The van der Waals surface area contributed by atoms with Crippen molar-refractivity contribution in [2.24, 2.45) is 0 Å².